The molecule has 1 aliphatic heterocycles. The van der Waals surface area contributed by atoms with Gasteiger partial charge in [-0.1, -0.05) is 11.6 Å². The van der Waals surface area contributed by atoms with Crippen LogP contribution in [0.1, 0.15) is 5.76 Å². The van der Waals surface area contributed by atoms with Crippen molar-refractivity contribution in [2.24, 2.45) is 0 Å². The number of furan rings is 1. The Morgan fingerprint density at radius 1 is 1.35 bits per heavy atom. The molecule has 1 saturated heterocycles. The molecular formula is C16H9BrClIN2O4S. The van der Waals surface area contributed by atoms with Crippen molar-refractivity contribution in [3.63, 3.8) is 0 Å². The van der Waals surface area contributed by atoms with Crippen molar-refractivity contribution in [1.82, 2.24) is 4.90 Å². The van der Waals surface area contributed by atoms with E-state index in [-0.39, 0.29) is 11.4 Å². The summed E-state index contributed by atoms with van der Waals surface area (Å²) in [6.45, 7) is -0.371. The molecule has 3 amide bonds. The lowest BCUT2D eigenvalue weighted by Crippen LogP contribution is -2.36. The minimum atomic E-state index is -0.534. The number of anilines is 1. The molecule has 10 heteroatoms. The van der Waals surface area contributed by atoms with Gasteiger partial charge in [0, 0.05) is 39.4 Å². The van der Waals surface area contributed by atoms with Crippen LogP contribution in [-0.4, -0.2) is 28.5 Å². The fraction of sp³-hybridized carbons (Fsp3) is 0.0625. The van der Waals surface area contributed by atoms with Crippen molar-refractivity contribution in [3.8, 4) is 0 Å². The number of hydrogen-bond acceptors (Lipinski definition) is 5. The van der Waals surface area contributed by atoms with Crippen LogP contribution >= 0.6 is 61.9 Å². The maximum absolute atomic E-state index is 12.4. The second-order valence-electron chi connectivity index (χ2n) is 5.09. The van der Waals surface area contributed by atoms with E-state index >= 15 is 0 Å². The predicted octanol–water partition coefficient (Wildman–Crippen LogP) is 4.98. The molecule has 1 aliphatic rings. The summed E-state index contributed by atoms with van der Waals surface area (Å²) >= 11 is 11.9. The van der Waals surface area contributed by atoms with Crippen molar-refractivity contribution in [2.45, 2.75) is 0 Å². The van der Waals surface area contributed by atoms with Gasteiger partial charge in [-0.05, 0) is 58.0 Å². The van der Waals surface area contributed by atoms with E-state index in [4.69, 9.17) is 16.0 Å². The SMILES string of the molecule is O=C(CN1C(=O)S/C(=C\c2cc(Br)c(I)o2)C1=O)Nc1ccc(Cl)cc1. The molecule has 6 nitrogen and oxygen atoms in total. The lowest BCUT2D eigenvalue weighted by Gasteiger charge is -2.12. The van der Waals surface area contributed by atoms with Crippen LogP contribution < -0.4 is 5.32 Å². The lowest BCUT2D eigenvalue weighted by atomic mass is 10.3. The van der Waals surface area contributed by atoms with Gasteiger partial charge in [-0.25, -0.2) is 0 Å². The van der Waals surface area contributed by atoms with Gasteiger partial charge in [0.25, 0.3) is 11.1 Å². The summed E-state index contributed by atoms with van der Waals surface area (Å²) in [6.07, 6.45) is 1.48. The van der Waals surface area contributed by atoms with Crippen LogP contribution in [0.3, 0.4) is 0 Å². The third-order valence-electron chi connectivity index (χ3n) is 3.24. The molecule has 2 heterocycles. The Kier molecular flexibility index (Phi) is 6.10. The van der Waals surface area contributed by atoms with Crippen molar-refractivity contribution in [3.05, 3.63) is 54.3 Å². The third-order valence-corrected chi connectivity index (χ3v) is 6.53. The quantitative estimate of drug-likeness (QED) is 0.417. The highest BCUT2D eigenvalue weighted by molar-refractivity contribution is 14.1. The summed E-state index contributed by atoms with van der Waals surface area (Å²) in [5, 5.41) is 2.65. The normalized spacial score (nSPS) is 15.8. The van der Waals surface area contributed by atoms with Crippen LogP contribution in [0.25, 0.3) is 6.08 Å². The van der Waals surface area contributed by atoms with Crippen LogP contribution in [0.4, 0.5) is 10.5 Å². The van der Waals surface area contributed by atoms with E-state index in [0.29, 0.717) is 20.2 Å². The van der Waals surface area contributed by atoms with E-state index in [1.807, 2.05) is 22.6 Å². The Morgan fingerprint density at radius 3 is 2.65 bits per heavy atom. The molecule has 0 saturated carbocycles. The highest BCUT2D eigenvalue weighted by Crippen LogP contribution is 2.33. The average Bonchev–Trinajstić information content (AvgIpc) is 3.03. The molecular weight excluding hydrogens is 559 g/mol. The van der Waals surface area contributed by atoms with Gasteiger partial charge in [0.05, 0.1) is 9.38 Å². The number of nitrogens with zero attached hydrogens (tertiary/aromatic N) is 1. The minimum absolute atomic E-state index is 0.201. The first-order valence-corrected chi connectivity index (χ1v) is 10.2. The number of halogens is 3. The average molecular weight is 568 g/mol. The van der Waals surface area contributed by atoms with Crippen molar-refractivity contribution in [2.75, 3.05) is 11.9 Å². The number of rotatable bonds is 4. The zero-order valence-corrected chi connectivity index (χ0v) is 18.1. The summed E-state index contributed by atoms with van der Waals surface area (Å²) in [6, 6.07) is 8.21. The van der Waals surface area contributed by atoms with Gasteiger partial charge in [0.1, 0.15) is 12.3 Å². The number of hydrogen-bond donors (Lipinski definition) is 1. The largest absolute Gasteiger partial charge is 0.450 e. The van der Waals surface area contributed by atoms with Crippen LogP contribution in [0, 0.1) is 3.77 Å². The summed E-state index contributed by atoms with van der Waals surface area (Å²) in [5.41, 5.74) is 0.525. The molecule has 0 unspecified atom stereocenters. The van der Waals surface area contributed by atoms with Gasteiger partial charge in [-0.3, -0.25) is 19.3 Å². The summed E-state index contributed by atoms with van der Waals surface area (Å²) in [5.74, 6) is -0.572. The van der Waals surface area contributed by atoms with Crippen molar-refractivity contribution >= 4 is 90.7 Å². The van der Waals surface area contributed by atoms with E-state index in [2.05, 4.69) is 21.2 Å². The smallest absolute Gasteiger partial charge is 0.294 e. The van der Waals surface area contributed by atoms with Gasteiger partial charge in [-0.15, -0.1) is 0 Å². The van der Waals surface area contributed by atoms with Crippen LogP contribution in [0.15, 0.2) is 44.1 Å². The molecule has 3 rings (SSSR count). The zero-order chi connectivity index (χ0) is 18.8. The predicted molar refractivity (Wildman–Crippen MR) is 112 cm³/mol. The van der Waals surface area contributed by atoms with Crippen LogP contribution in [-0.2, 0) is 9.59 Å². The maximum atomic E-state index is 12.4. The maximum Gasteiger partial charge on any atom is 0.294 e. The van der Waals surface area contributed by atoms with Crippen molar-refractivity contribution in [1.29, 1.82) is 0 Å². The first kappa shape index (κ1) is 19.5. The number of amides is 3. The molecule has 0 radical (unpaired) electrons. The third kappa shape index (κ3) is 4.51. The molecule has 134 valence electrons. The Labute approximate surface area is 179 Å². The molecule has 1 aromatic carbocycles. The molecule has 1 fully saturated rings. The van der Waals surface area contributed by atoms with Gasteiger partial charge >= 0.3 is 0 Å². The Bertz CT molecular complexity index is 909. The molecule has 1 aromatic heterocycles. The summed E-state index contributed by atoms with van der Waals surface area (Å²) in [7, 11) is 0. The Balaban J connectivity index is 1.68. The molecule has 0 atom stereocenters. The highest BCUT2D eigenvalue weighted by atomic mass is 127. The minimum Gasteiger partial charge on any atom is -0.450 e. The standard InChI is InChI=1S/C16H9BrClIN2O4S/c17-11-5-10(25-14(11)19)6-12-15(23)21(16(24)26-12)7-13(22)20-9-3-1-8(18)2-4-9/h1-6H,7H2,(H,20,22)/b12-6-. The van der Waals surface area contributed by atoms with E-state index in [0.717, 1.165) is 21.1 Å². The Morgan fingerprint density at radius 2 is 2.04 bits per heavy atom. The van der Waals surface area contributed by atoms with Gasteiger partial charge in [0.2, 0.25) is 5.91 Å². The van der Waals surface area contributed by atoms with Crippen LogP contribution in [0.5, 0.6) is 0 Å². The molecule has 0 bridgehead atoms. The van der Waals surface area contributed by atoms with E-state index in [9.17, 15) is 14.4 Å². The molecule has 2 aromatic rings. The first-order chi connectivity index (χ1) is 12.3. The molecule has 0 aliphatic carbocycles. The Hall–Kier alpha value is -1.30. The molecule has 0 spiro atoms. The molecule has 26 heavy (non-hydrogen) atoms. The van der Waals surface area contributed by atoms with Crippen LogP contribution in [0.2, 0.25) is 5.02 Å². The number of thioether (sulfide) groups is 1. The second kappa shape index (κ2) is 8.15. The topological polar surface area (TPSA) is 79.6 Å². The second-order valence-corrected chi connectivity index (χ2v) is 8.36. The summed E-state index contributed by atoms with van der Waals surface area (Å²) < 4.78 is 6.83. The number of imide groups is 1. The van der Waals surface area contributed by atoms with Crippen molar-refractivity contribution < 1.29 is 18.8 Å². The highest BCUT2D eigenvalue weighted by Gasteiger charge is 2.36. The van der Waals surface area contributed by atoms with E-state index in [1.54, 1.807) is 30.3 Å². The number of carbonyl (C=O) groups is 3. The van der Waals surface area contributed by atoms with Gasteiger partial charge < -0.3 is 9.73 Å². The fourth-order valence-electron chi connectivity index (χ4n) is 2.08. The summed E-state index contributed by atoms with van der Waals surface area (Å²) in [4.78, 5) is 37.7. The number of carbonyl (C=O) groups excluding carboxylic acids is 3. The monoisotopic (exact) mass is 566 g/mol. The number of nitrogens with one attached hydrogen (secondary N) is 1. The van der Waals surface area contributed by atoms with E-state index < -0.39 is 17.1 Å². The first-order valence-electron chi connectivity index (χ1n) is 7.09. The van der Waals surface area contributed by atoms with Gasteiger partial charge in [0.15, 0.2) is 3.77 Å². The molecule has 1 N–H and O–H groups in total. The lowest BCUT2D eigenvalue weighted by molar-refractivity contribution is -0.127. The van der Waals surface area contributed by atoms with Gasteiger partial charge in [-0.2, -0.15) is 0 Å². The van der Waals surface area contributed by atoms with E-state index in [1.165, 1.54) is 6.08 Å². The number of benzene rings is 1. The zero-order valence-electron chi connectivity index (χ0n) is 12.8. The fourth-order valence-corrected chi connectivity index (χ4v) is 3.74.